The average molecular weight is 279 g/mol. The molecule has 7 heteroatoms. The van der Waals surface area contributed by atoms with Crippen molar-refractivity contribution in [1.29, 1.82) is 0 Å². The van der Waals surface area contributed by atoms with E-state index in [1.807, 2.05) is 0 Å². The van der Waals surface area contributed by atoms with Crippen molar-refractivity contribution in [2.24, 2.45) is 0 Å². The standard InChI is InChI=1S/C10H11F2NO2S2/c1-15-10(14)8-6(11)4-5-7(9(8)12)13(16-2)17-3/h4-5H,1-3H3. The highest BCUT2D eigenvalue weighted by atomic mass is 32.2. The first-order chi connectivity index (χ1) is 8.06. The van der Waals surface area contributed by atoms with Gasteiger partial charge in [0.2, 0.25) is 0 Å². The van der Waals surface area contributed by atoms with E-state index in [2.05, 4.69) is 4.74 Å². The molecule has 0 saturated heterocycles. The number of benzene rings is 1. The van der Waals surface area contributed by atoms with Gasteiger partial charge < -0.3 is 4.74 Å². The van der Waals surface area contributed by atoms with E-state index in [-0.39, 0.29) is 5.69 Å². The summed E-state index contributed by atoms with van der Waals surface area (Å²) in [5.41, 5.74) is -0.537. The van der Waals surface area contributed by atoms with Crippen LogP contribution in [0.2, 0.25) is 0 Å². The van der Waals surface area contributed by atoms with Gasteiger partial charge in [0, 0.05) is 12.5 Å². The largest absolute Gasteiger partial charge is 0.465 e. The summed E-state index contributed by atoms with van der Waals surface area (Å²) in [7, 11) is 1.08. The van der Waals surface area contributed by atoms with Crippen molar-refractivity contribution >= 4 is 35.6 Å². The summed E-state index contributed by atoms with van der Waals surface area (Å²) < 4.78 is 33.2. The Morgan fingerprint density at radius 3 is 2.35 bits per heavy atom. The number of halogens is 2. The number of rotatable bonds is 4. The van der Waals surface area contributed by atoms with E-state index in [1.54, 1.807) is 12.5 Å². The summed E-state index contributed by atoms with van der Waals surface area (Å²) in [6, 6.07) is 2.33. The quantitative estimate of drug-likeness (QED) is 0.624. The first-order valence-corrected chi connectivity index (χ1v) is 6.87. The SMILES string of the molecule is COC(=O)c1c(F)ccc(N(SC)SC)c1F. The van der Waals surface area contributed by atoms with Crippen molar-refractivity contribution in [2.75, 3.05) is 23.3 Å². The fraction of sp³-hybridized carbons (Fsp3) is 0.300. The molecular formula is C10H11F2NO2S2. The van der Waals surface area contributed by atoms with Crippen LogP contribution in [0.4, 0.5) is 14.5 Å². The fourth-order valence-electron chi connectivity index (χ4n) is 1.24. The average Bonchev–Trinajstić information content (AvgIpc) is 2.33. The highest BCUT2D eigenvalue weighted by molar-refractivity contribution is 8.17. The van der Waals surface area contributed by atoms with Crippen LogP contribution in [0.1, 0.15) is 10.4 Å². The maximum absolute atomic E-state index is 14.0. The van der Waals surface area contributed by atoms with Crippen LogP contribution in [-0.4, -0.2) is 25.6 Å². The zero-order valence-corrected chi connectivity index (χ0v) is 11.1. The van der Waals surface area contributed by atoms with Gasteiger partial charge >= 0.3 is 5.97 Å². The molecule has 0 spiro atoms. The van der Waals surface area contributed by atoms with Crippen molar-refractivity contribution in [3.05, 3.63) is 29.3 Å². The Labute approximate surface area is 107 Å². The molecule has 0 bridgehead atoms. The lowest BCUT2D eigenvalue weighted by Crippen LogP contribution is -2.12. The first-order valence-electron chi connectivity index (χ1n) is 4.51. The Balaban J connectivity index is 3.32. The van der Waals surface area contributed by atoms with Crippen LogP contribution in [0, 0.1) is 11.6 Å². The number of carbonyl (C=O) groups is 1. The molecule has 1 aromatic rings. The zero-order chi connectivity index (χ0) is 13.0. The lowest BCUT2D eigenvalue weighted by molar-refractivity contribution is 0.0590. The minimum Gasteiger partial charge on any atom is -0.465 e. The van der Waals surface area contributed by atoms with Crippen LogP contribution in [0.5, 0.6) is 0 Å². The number of ether oxygens (including phenoxy) is 1. The van der Waals surface area contributed by atoms with Crippen molar-refractivity contribution < 1.29 is 18.3 Å². The van der Waals surface area contributed by atoms with E-state index in [1.165, 1.54) is 33.7 Å². The summed E-state index contributed by atoms with van der Waals surface area (Å²) in [6.45, 7) is 0. The van der Waals surface area contributed by atoms with Crippen LogP contribution < -0.4 is 3.71 Å². The smallest absolute Gasteiger partial charge is 0.343 e. The number of hydrogen-bond donors (Lipinski definition) is 0. The normalized spacial score (nSPS) is 10.2. The number of nitrogens with zero attached hydrogens (tertiary/aromatic N) is 1. The van der Waals surface area contributed by atoms with E-state index < -0.39 is 23.2 Å². The van der Waals surface area contributed by atoms with Crippen LogP contribution in [0.25, 0.3) is 0 Å². The van der Waals surface area contributed by atoms with E-state index in [9.17, 15) is 13.6 Å². The molecule has 0 aliphatic rings. The van der Waals surface area contributed by atoms with Crippen LogP contribution in [-0.2, 0) is 4.74 Å². The summed E-state index contributed by atoms with van der Waals surface area (Å²) in [5, 5.41) is 0. The lowest BCUT2D eigenvalue weighted by atomic mass is 10.2. The Morgan fingerprint density at radius 1 is 1.29 bits per heavy atom. The summed E-state index contributed by atoms with van der Waals surface area (Å²) in [6.07, 6.45) is 3.49. The van der Waals surface area contributed by atoms with Crippen molar-refractivity contribution in [3.63, 3.8) is 0 Å². The van der Waals surface area contributed by atoms with Gasteiger partial charge in [0.1, 0.15) is 11.4 Å². The van der Waals surface area contributed by atoms with Gasteiger partial charge in [-0.3, -0.25) is 3.71 Å². The topological polar surface area (TPSA) is 29.5 Å². The minimum absolute atomic E-state index is 0.131. The maximum Gasteiger partial charge on any atom is 0.343 e. The zero-order valence-electron chi connectivity index (χ0n) is 9.49. The molecule has 0 aliphatic heterocycles. The van der Waals surface area contributed by atoms with E-state index in [0.29, 0.717) is 0 Å². The molecule has 94 valence electrons. The second kappa shape index (κ2) is 6.11. The molecule has 1 aromatic carbocycles. The molecule has 0 atom stereocenters. The molecule has 0 fully saturated rings. The predicted molar refractivity (Wildman–Crippen MR) is 67.2 cm³/mol. The second-order valence-corrected chi connectivity index (χ2v) is 4.56. The molecular weight excluding hydrogens is 268 g/mol. The molecule has 0 radical (unpaired) electrons. The highest BCUT2D eigenvalue weighted by Gasteiger charge is 2.23. The third kappa shape index (κ3) is 2.84. The number of methoxy groups -OCH3 is 1. The van der Waals surface area contributed by atoms with E-state index in [4.69, 9.17) is 0 Å². The van der Waals surface area contributed by atoms with Gasteiger partial charge in [-0.05, 0) is 36.0 Å². The highest BCUT2D eigenvalue weighted by Crippen LogP contribution is 2.32. The first kappa shape index (κ1) is 14.1. The number of esters is 1. The lowest BCUT2D eigenvalue weighted by Gasteiger charge is -2.19. The number of carbonyl (C=O) groups excluding carboxylic acids is 1. The third-order valence-corrected chi connectivity index (χ3v) is 3.94. The van der Waals surface area contributed by atoms with Crippen molar-refractivity contribution in [1.82, 2.24) is 0 Å². The van der Waals surface area contributed by atoms with Crippen molar-refractivity contribution in [3.8, 4) is 0 Å². The van der Waals surface area contributed by atoms with Gasteiger partial charge in [-0.2, -0.15) is 0 Å². The maximum atomic E-state index is 14.0. The second-order valence-electron chi connectivity index (χ2n) is 2.87. The molecule has 0 aromatic heterocycles. The monoisotopic (exact) mass is 279 g/mol. The van der Waals surface area contributed by atoms with Crippen LogP contribution in [0.15, 0.2) is 12.1 Å². The molecule has 0 N–H and O–H groups in total. The molecule has 0 saturated carbocycles. The van der Waals surface area contributed by atoms with Crippen molar-refractivity contribution in [2.45, 2.75) is 0 Å². The van der Waals surface area contributed by atoms with Gasteiger partial charge in [0.05, 0.1) is 12.8 Å². The van der Waals surface area contributed by atoms with E-state index in [0.717, 1.165) is 13.2 Å². The molecule has 17 heavy (non-hydrogen) atoms. The fourth-order valence-corrected chi connectivity index (χ4v) is 2.51. The van der Waals surface area contributed by atoms with Crippen LogP contribution in [0.3, 0.4) is 0 Å². The minimum atomic E-state index is -1.02. The molecule has 0 amide bonds. The molecule has 0 aliphatic carbocycles. The molecule has 0 heterocycles. The summed E-state index contributed by atoms with van der Waals surface area (Å²) in [4.78, 5) is 11.3. The Kier molecular flexibility index (Phi) is 5.07. The molecule has 0 unspecified atom stereocenters. The number of hydrogen-bond acceptors (Lipinski definition) is 5. The summed E-state index contributed by atoms with van der Waals surface area (Å²) in [5.74, 6) is -2.87. The van der Waals surface area contributed by atoms with E-state index >= 15 is 0 Å². The van der Waals surface area contributed by atoms with Gasteiger partial charge in [0.25, 0.3) is 0 Å². The van der Waals surface area contributed by atoms with Crippen LogP contribution >= 0.6 is 23.9 Å². The summed E-state index contributed by atoms with van der Waals surface area (Å²) >= 11 is 2.51. The van der Waals surface area contributed by atoms with Gasteiger partial charge in [0.15, 0.2) is 5.82 Å². The Morgan fingerprint density at radius 2 is 1.88 bits per heavy atom. The Hall–Kier alpha value is -0.950. The molecule has 3 nitrogen and oxygen atoms in total. The third-order valence-electron chi connectivity index (χ3n) is 1.99. The number of anilines is 1. The van der Waals surface area contributed by atoms with Gasteiger partial charge in [-0.1, -0.05) is 0 Å². The molecule has 1 rings (SSSR count). The van der Waals surface area contributed by atoms with Gasteiger partial charge in [-0.15, -0.1) is 0 Å². The van der Waals surface area contributed by atoms with Gasteiger partial charge in [-0.25, -0.2) is 13.6 Å². The predicted octanol–water partition coefficient (Wildman–Crippen LogP) is 3.11. The Bertz CT molecular complexity index is 425.